The number of pyridine rings is 1. The number of rotatable bonds is 5. The summed E-state index contributed by atoms with van der Waals surface area (Å²) in [5.41, 5.74) is 2.47. The van der Waals surface area contributed by atoms with Gasteiger partial charge in [-0.3, -0.25) is 9.78 Å². The lowest BCUT2D eigenvalue weighted by atomic mass is 10.0. The minimum absolute atomic E-state index is 0.246. The van der Waals surface area contributed by atoms with Gasteiger partial charge in [-0.2, -0.15) is 0 Å². The van der Waals surface area contributed by atoms with E-state index in [1.807, 2.05) is 48.5 Å². The third-order valence-electron chi connectivity index (χ3n) is 3.70. The zero-order valence-corrected chi connectivity index (χ0v) is 13.5. The maximum absolute atomic E-state index is 12.9. The molecule has 1 atom stereocenters. The zero-order valence-electron chi connectivity index (χ0n) is 13.5. The molecule has 1 N–H and O–H groups in total. The largest absolute Gasteiger partial charge is 0.340 e. The molecule has 1 heterocycles. The molecular formula is C21H17FN2O. The molecule has 2 aromatic carbocycles. The molecule has 3 rings (SSSR count). The fourth-order valence-electron chi connectivity index (χ4n) is 2.46. The highest BCUT2D eigenvalue weighted by atomic mass is 19.1. The number of nitrogens with zero attached hydrogens (tertiary/aromatic N) is 1. The van der Waals surface area contributed by atoms with E-state index in [1.165, 1.54) is 18.2 Å². The normalized spacial score (nSPS) is 12.0. The van der Waals surface area contributed by atoms with Gasteiger partial charge >= 0.3 is 0 Å². The summed E-state index contributed by atoms with van der Waals surface area (Å²) < 4.78 is 12.9. The summed E-state index contributed by atoms with van der Waals surface area (Å²) in [4.78, 5) is 16.7. The molecule has 1 aromatic heterocycles. The maximum Gasteiger partial charge on any atom is 0.244 e. The zero-order chi connectivity index (χ0) is 17.5. The lowest BCUT2D eigenvalue weighted by molar-refractivity contribution is -0.116. The number of halogens is 1. The van der Waals surface area contributed by atoms with Gasteiger partial charge in [0, 0.05) is 12.3 Å². The second-order valence-electron chi connectivity index (χ2n) is 5.49. The Bertz CT molecular complexity index is 807. The Hall–Kier alpha value is -3.27. The van der Waals surface area contributed by atoms with Crippen molar-refractivity contribution in [2.75, 3.05) is 0 Å². The molecule has 25 heavy (non-hydrogen) atoms. The minimum atomic E-state index is -0.340. The second kappa shape index (κ2) is 8.02. The molecule has 0 spiro atoms. The van der Waals surface area contributed by atoms with Crippen molar-refractivity contribution in [3.63, 3.8) is 0 Å². The van der Waals surface area contributed by atoms with Gasteiger partial charge in [-0.05, 0) is 41.5 Å². The van der Waals surface area contributed by atoms with Crippen LogP contribution in [0.2, 0.25) is 0 Å². The predicted molar refractivity (Wildman–Crippen MR) is 96.1 cm³/mol. The van der Waals surface area contributed by atoms with Gasteiger partial charge in [0.15, 0.2) is 0 Å². The topological polar surface area (TPSA) is 42.0 Å². The quantitative estimate of drug-likeness (QED) is 0.714. The minimum Gasteiger partial charge on any atom is -0.340 e. The van der Waals surface area contributed by atoms with Gasteiger partial charge in [-0.1, -0.05) is 48.5 Å². The monoisotopic (exact) mass is 332 g/mol. The highest BCUT2D eigenvalue weighted by Gasteiger charge is 2.16. The molecule has 0 unspecified atom stereocenters. The molecule has 3 aromatic rings. The Morgan fingerprint density at radius 3 is 2.36 bits per heavy atom. The number of carbonyl (C=O) groups is 1. The molecule has 4 heteroatoms. The fourth-order valence-corrected chi connectivity index (χ4v) is 2.46. The van der Waals surface area contributed by atoms with Crippen molar-refractivity contribution in [2.24, 2.45) is 0 Å². The molecule has 0 fully saturated rings. The molecular weight excluding hydrogens is 315 g/mol. The van der Waals surface area contributed by atoms with Crippen molar-refractivity contribution in [2.45, 2.75) is 6.04 Å². The molecule has 0 aliphatic heterocycles. The van der Waals surface area contributed by atoms with Crippen LogP contribution in [0.15, 0.2) is 85.1 Å². The maximum atomic E-state index is 12.9. The van der Waals surface area contributed by atoms with Crippen LogP contribution in [0, 0.1) is 5.82 Å². The van der Waals surface area contributed by atoms with Crippen molar-refractivity contribution in [3.8, 4) is 0 Å². The van der Waals surface area contributed by atoms with E-state index >= 15 is 0 Å². The van der Waals surface area contributed by atoms with E-state index in [0.29, 0.717) is 0 Å². The first kappa shape index (κ1) is 16.6. The van der Waals surface area contributed by atoms with Crippen molar-refractivity contribution < 1.29 is 9.18 Å². The summed E-state index contributed by atoms with van der Waals surface area (Å²) in [6.45, 7) is 0. The van der Waals surface area contributed by atoms with Gasteiger partial charge in [0.2, 0.25) is 5.91 Å². The van der Waals surface area contributed by atoms with Crippen molar-refractivity contribution in [1.82, 2.24) is 10.3 Å². The molecule has 3 nitrogen and oxygen atoms in total. The summed E-state index contributed by atoms with van der Waals surface area (Å²) in [6.07, 6.45) is 4.78. The van der Waals surface area contributed by atoms with Crippen LogP contribution in [0.1, 0.15) is 22.9 Å². The van der Waals surface area contributed by atoms with E-state index in [2.05, 4.69) is 10.3 Å². The number of aromatic nitrogens is 1. The van der Waals surface area contributed by atoms with Crippen LogP contribution < -0.4 is 5.32 Å². The average Bonchev–Trinajstić information content (AvgIpc) is 2.67. The summed E-state index contributed by atoms with van der Waals surface area (Å²) >= 11 is 0. The Morgan fingerprint density at radius 2 is 1.68 bits per heavy atom. The van der Waals surface area contributed by atoms with Gasteiger partial charge in [-0.25, -0.2) is 4.39 Å². The van der Waals surface area contributed by atoms with Gasteiger partial charge < -0.3 is 5.32 Å². The number of nitrogens with one attached hydrogen (secondary N) is 1. The van der Waals surface area contributed by atoms with Crippen LogP contribution in [0.5, 0.6) is 0 Å². The molecule has 0 radical (unpaired) electrons. The summed E-state index contributed by atoms with van der Waals surface area (Å²) in [5, 5.41) is 2.97. The van der Waals surface area contributed by atoms with E-state index < -0.39 is 0 Å². The number of hydrogen-bond donors (Lipinski definition) is 1. The number of benzene rings is 2. The second-order valence-corrected chi connectivity index (χ2v) is 5.49. The standard InChI is InChI=1S/C21H17FN2O/c22-18-12-9-16(10-13-18)11-14-20(25)24-21(17-6-2-1-3-7-17)19-8-4-5-15-23-19/h1-15,21H,(H,24,25)/b14-11+/t21-/m0/s1. The van der Waals surface area contributed by atoms with Crippen LogP contribution in [0.4, 0.5) is 4.39 Å². The van der Waals surface area contributed by atoms with Crippen LogP contribution in [-0.4, -0.2) is 10.9 Å². The van der Waals surface area contributed by atoms with Gasteiger partial charge in [0.05, 0.1) is 11.7 Å². The third-order valence-corrected chi connectivity index (χ3v) is 3.70. The summed E-state index contributed by atoms with van der Waals surface area (Å²) in [6, 6.07) is 20.9. The van der Waals surface area contributed by atoms with Crippen LogP contribution in [-0.2, 0) is 4.79 Å². The number of amides is 1. The van der Waals surface area contributed by atoms with E-state index in [4.69, 9.17) is 0 Å². The van der Waals surface area contributed by atoms with Crippen molar-refractivity contribution >= 4 is 12.0 Å². The van der Waals surface area contributed by atoms with Crippen molar-refractivity contribution in [3.05, 3.63) is 108 Å². The lowest BCUT2D eigenvalue weighted by Crippen LogP contribution is -2.28. The van der Waals surface area contributed by atoms with Crippen LogP contribution in [0.25, 0.3) is 6.08 Å². The molecule has 0 aliphatic carbocycles. The van der Waals surface area contributed by atoms with E-state index in [9.17, 15) is 9.18 Å². The Balaban J connectivity index is 1.78. The van der Waals surface area contributed by atoms with Gasteiger partial charge in [-0.15, -0.1) is 0 Å². The Labute approximate surface area is 145 Å². The summed E-state index contributed by atoms with van der Waals surface area (Å²) in [5.74, 6) is -0.551. The van der Waals surface area contributed by atoms with Crippen LogP contribution in [0.3, 0.4) is 0 Å². The Kier molecular flexibility index (Phi) is 5.32. The van der Waals surface area contributed by atoms with Crippen molar-refractivity contribution in [1.29, 1.82) is 0 Å². The average molecular weight is 332 g/mol. The fraction of sp³-hybridized carbons (Fsp3) is 0.0476. The van der Waals surface area contributed by atoms with E-state index in [1.54, 1.807) is 24.4 Å². The highest BCUT2D eigenvalue weighted by Crippen LogP contribution is 2.19. The van der Waals surface area contributed by atoms with Crippen LogP contribution >= 0.6 is 0 Å². The highest BCUT2D eigenvalue weighted by molar-refractivity contribution is 5.92. The van der Waals surface area contributed by atoms with Gasteiger partial charge in [0.1, 0.15) is 5.82 Å². The Morgan fingerprint density at radius 1 is 0.960 bits per heavy atom. The lowest BCUT2D eigenvalue weighted by Gasteiger charge is -2.17. The summed E-state index contributed by atoms with van der Waals surface area (Å²) in [7, 11) is 0. The SMILES string of the molecule is O=C(/C=C/c1ccc(F)cc1)N[C@@H](c1ccccc1)c1ccccn1. The van der Waals surface area contributed by atoms with E-state index in [-0.39, 0.29) is 17.8 Å². The number of carbonyl (C=O) groups excluding carboxylic acids is 1. The van der Waals surface area contributed by atoms with E-state index in [0.717, 1.165) is 16.8 Å². The molecule has 0 saturated carbocycles. The molecule has 1 amide bonds. The van der Waals surface area contributed by atoms with Gasteiger partial charge in [0.25, 0.3) is 0 Å². The predicted octanol–water partition coefficient (Wildman–Crippen LogP) is 4.14. The molecule has 0 saturated heterocycles. The molecule has 0 aliphatic rings. The first-order chi connectivity index (χ1) is 12.2. The first-order valence-corrected chi connectivity index (χ1v) is 7.92. The number of hydrogen-bond acceptors (Lipinski definition) is 2. The third kappa shape index (κ3) is 4.61. The molecule has 124 valence electrons. The first-order valence-electron chi connectivity index (χ1n) is 7.92. The molecule has 0 bridgehead atoms. The smallest absolute Gasteiger partial charge is 0.244 e.